The Labute approximate surface area is 65.5 Å². The normalized spacial score (nSPS) is 30.4. The zero-order chi connectivity index (χ0) is 8.32. The Balaban J connectivity index is 2.66. The molecule has 11 heavy (non-hydrogen) atoms. The van der Waals surface area contributed by atoms with Gasteiger partial charge in [0.2, 0.25) is 0 Å². The summed E-state index contributed by atoms with van der Waals surface area (Å²) in [7, 11) is 1.33. The van der Waals surface area contributed by atoms with Gasteiger partial charge in [-0.05, 0) is 19.4 Å². The van der Waals surface area contributed by atoms with Crippen molar-refractivity contribution >= 4 is 5.97 Å². The lowest BCUT2D eigenvalue weighted by Gasteiger charge is -2.23. The molecule has 4 heteroatoms. The molecule has 0 aromatic carbocycles. The van der Waals surface area contributed by atoms with Gasteiger partial charge in [0.25, 0.3) is 0 Å². The summed E-state index contributed by atoms with van der Waals surface area (Å²) in [5.74, 6) is -0.363. The molecule has 0 bridgehead atoms. The summed E-state index contributed by atoms with van der Waals surface area (Å²) in [6, 6.07) is 0. The summed E-state index contributed by atoms with van der Waals surface area (Å²) in [5, 5.41) is 11.9. The lowest BCUT2D eigenvalue weighted by atomic mass is 9.99. The van der Waals surface area contributed by atoms with E-state index < -0.39 is 5.54 Å². The first kappa shape index (κ1) is 8.49. The van der Waals surface area contributed by atoms with E-state index in [-0.39, 0.29) is 12.6 Å². The maximum absolute atomic E-state index is 11.1. The van der Waals surface area contributed by atoms with Crippen LogP contribution in [0.1, 0.15) is 12.8 Å². The maximum Gasteiger partial charge on any atom is 0.328 e. The number of carbonyl (C=O) groups is 1. The van der Waals surface area contributed by atoms with E-state index in [0.29, 0.717) is 6.42 Å². The molecule has 0 radical (unpaired) electrons. The van der Waals surface area contributed by atoms with E-state index in [2.05, 4.69) is 10.1 Å². The van der Waals surface area contributed by atoms with Crippen LogP contribution in [0.2, 0.25) is 0 Å². The number of esters is 1. The Morgan fingerprint density at radius 1 is 1.82 bits per heavy atom. The molecule has 2 N–H and O–H groups in total. The molecule has 0 aliphatic carbocycles. The van der Waals surface area contributed by atoms with Crippen molar-refractivity contribution in [3.63, 3.8) is 0 Å². The predicted molar refractivity (Wildman–Crippen MR) is 39.1 cm³/mol. The van der Waals surface area contributed by atoms with Crippen LogP contribution in [0.15, 0.2) is 0 Å². The largest absolute Gasteiger partial charge is 0.468 e. The molecule has 0 aromatic rings. The number of ether oxygens (including phenoxy) is 1. The fraction of sp³-hybridized carbons (Fsp3) is 0.857. The van der Waals surface area contributed by atoms with E-state index in [0.717, 1.165) is 13.0 Å². The molecule has 0 unspecified atom stereocenters. The van der Waals surface area contributed by atoms with Crippen LogP contribution in [0.5, 0.6) is 0 Å². The Kier molecular flexibility index (Phi) is 2.46. The van der Waals surface area contributed by atoms with Gasteiger partial charge in [0.05, 0.1) is 13.7 Å². The van der Waals surface area contributed by atoms with Crippen molar-refractivity contribution in [3.8, 4) is 0 Å². The summed E-state index contributed by atoms with van der Waals surface area (Å²) in [5.41, 5.74) is -0.811. The molecule has 0 spiro atoms. The Morgan fingerprint density at radius 3 is 2.91 bits per heavy atom. The minimum atomic E-state index is -0.811. The molecule has 1 heterocycles. The van der Waals surface area contributed by atoms with Crippen LogP contribution in [-0.4, -0.2) is 36.9 Å². The highest BCUT2D eigenvalue weighted by molar-refractivity contribution is 5.81. The molecular formula is C7H13NO3. The van der Waals surface area contributed by atoms with Crippen LogP contribution < -0.4 is 5.32 Å². The van der Waals surface area contributed by atoms with Crippen LogP contribution in [-0.2, 0) is 9.53 Å². The van der Waals surface area contributed by atoms with E-state index >= 15 is 0 Å². The molecule has 1 aliphatic rings. The molecular weight excluding hydrogens is 146 g/mol. The molecule has 1 aliphatic heterocycles. The Morgan fingerprint density at radius 2 is 2.55 bits per heavy atom. The molecule has 1 saturated heterocycles. The second-order valence-electron chi connectivity index (χ2n) is 2.76. The van der Waals surface area contributed by atoms with E-state index in [4.69, 9.17) is 5.11 Å². The lowest BCUT2D eigenvalue weighted by Crippen LogP contribution is -2.51. The predicted octanol–water partition coefficient (Wildman–Crippen LogP) is -0.726. The number of hydrogen-bond donors (Lipinski definition) is 2. The smallest absolute Gasteiger partial charge is 0.328 e. The number of nitrogens with one attached hydrogen (secondary N) is 1. The number of aliphatic hydroxyl groups excluding tert-OH is 1. The van der Waals surface area contributed by atoms with Gasteiger partial charge in [-0.2, -0.15) is 0 Å². The van der Waals surface area contributed by atoms with Crippen LogP contribution in [0.3, 0.4) is 0 Å². The third kappa shape index (κ3) is 1.36. The fourth-order valence-electron chi connectivity index (χ4n) is 1.38. The summed E-state index contributed by atoms with van der Waals surface area (Å²) in [4.78, 5) is 11.1. The molecule has 0 aromatic heterocycles. The van der Waals surface area contributed by atoms with Crippen molar-refractivity contribution < 1.29 is 14.6 Å². The average molecular weight is 159 g/mol. The van der Waals surface area contributed by atoms with Gasteiger partial charge in [-0.15, -0.1) is 0 Å². The standard InChI is InChI=1S/C7H13NO3/c1-11-6(10)7(5-9)3-2-4-8-7/h8-9H,2-5H2,1H3/t7-/m0/s1. The summed E-state index contributed by atoms with van der Waals surface area (Å²) < 4.78 is 4.57. The Bertz CT molecular complexity index is 152. The van der Waals surface area contributed by atoms with Crippen LogP contribution in [0.4, 0.5) is 0 Å². The first-order valence-corrected chi connectivity index (χ1v) is 3.69. The zero-order valence-corrected chi connectivity index (χ0v) is 6.59. The molecule has 4 nitrogen and oxygen atoms in total. The number of rotatable bonds is 2. The molecule has 64 valence electrons. The van der Waals surface area contributed by atoms with Crippen molar-refractivity contribution in [2.75, 3.05) is 20.3 Å². The summed E-state index contributed by atoms with van der Waals surface area (Å²) >= 11 is 0. The second kappa shape index (κ2) is 3.19. The van der Waals surface area contributed by atoms with Crippen LogP contribution in [0.25, 0.3) is 0 Å². The van der Waals surface area contributed by atoms with Crippen molar-refractivity contribution in [3.05, 3.63) is 0 Å². The van der Waals surface area contributed by atoms with E-state index in [1.54, 1.807) is 0 Å². The number of hydrogen-bond acceptors (Lipinski definition) is 4. The maximum atomic E-state index is 11.1. The van der Waals surface area contributed by atoms with Crippen LogP contribution >= 0.6 is 0 Å². The quantitative estimate of drug-likeness (QED) is 0.522. The molecule has 1 atom stereocenters. The second-order valence-corrected chi connectivity index (χ2v) is 2.76. The highest BCUT2D eigenvalue weighted by Crippen LogP contribution is 2.19. The van der Waals surface area contributed by atoms with Gasteiger partial charge in [-0.1, -0.05) is 0 Å². The first-order valence-electron chi connectivity index (χ1n) is 3.69. The van der Waals surface area contributed by atoms with Gasteiger partial charge in [0, 0.05) is 0 Å². The third-order valence-electron chi connectivity index (χ3n) is 2.09. The Hall–Kier alpha value is -0.610. The number of methoxy groups -OCH3 is 1. The van der Waals surface area contributed by atoms with Gasteiger partial charge >= 0.3 is 5.97 Å². The zero-order valence-electron chi connectivity index (χ0n) is 6.59. The molecule has 0 saturated carbocycles. The van der Waals surface area contributed by atoms with E-state index in [1.165, 1.54) is 7.11 Å². The number of carbonyl (C=O) groups excluding carboxylic acids is 1. The van der Waals surface area contributed by atoms with Gasteiger partial charge in [-0.3, -0.25) is 5.32 Å². The van der Waals surface area contributed by atoms with Gasteiger partial charge in [0.15, 0.2) is 0 Å². The molecule has 1 rings (SSSR count). The lowest BCUT2D eigenvalue weighted by molar-refractivity contribution is -0.149. The van der Waals surface area contributed by atoms with Crippen molar-refractivity contribution in [1.29, 1.82) is 0 Å². The van der Waals surface area contributed by atoms with Crippen molar-refractivity contribution in [2.45, 2.75) is 18.4 Å². The minimum absolute atomic E-state index is 0.181. The first-order chi connectivity index (χ1) is 5.25. The average Bonchev–Trinajstić information content (AvgIpc) is 2.52. The minimum Gasteiger partial charge on any atom is -0.468 e. The summed E-state index contributed by atoms with van der Waals surface area (Å²) in [6.45, 7) is 0.593. The van der Waals surface area contributed by atoms with Crippen LogP contribution in [0, 0.1) is 0 Å². The van der Waals surface area contributed by atoms with Crippen molar-refractivity contribution in [2.24, 2.45) is 0 Å². The topological polar surface area (TPSA) is 58.6 Å². The van der Waals surface area contributed by atoms with Gasteiger partial charge < -0.3 is 9.84 Å². The highest BCUT2D eigenvalue weighted by atomic mass is 16.5. The van der Waals surface area contributed by atoms with Crippen molar-refractivity contribution in [1.82, 2.24) is 5.32 Å². The monoisotopic (exact) mass is 159 g/mol. The van der Waals surface area contributed by atoms with Gasteiger partial charge in [0.1, 0.15) is 5.54 Å². The SMILES string of the molecule is COC(=O)[C@@]1(CO)CCCN1. The van der Waals surface area contributed by atoms with E-state index in [9.17, 15) is 4.79 Å². The van der Waals surface area contributed by atoms with Gasteiger partial charge in [-0.25, -0.2) is 4.79 Å². The number of aliphatic hydroxyl groups is 1. The fourth-order valence-corrected chi connectivity index (χ4v) is 1.38. The summed E-state index contributed by atoms with van der Waals surface area (Å²) in [6.07, 6.45) is 1.58. The molecule has 1 fully saturated rings. The highest BCUT2D eigenvalue weighted by Gasteiger charge is 2.41. The van der Waals surface area contributed by atoms with E-state index in [1.807, 2.05) is 0 Å². The third-order valence-corrected chi connectivity index (χ3v) is 2.09. The molecule has 0 amide bonds.